The third-order valence-electron chi connectivity index (χ3n) is 3.51. The van der Waals surface area contributed by atoms with Crippen molar-refractivity contribution in [2.75, 3.05) is 6.61 Å². The maximum Gasteiger partial charge on any atom is 0.196 e. The van der Waals surface area contributed by atoms with Gasteiger partial charge in [-0.3, -0.25) is 4.79 Å². The molecule has 19 heavy (non-hydrogen) atoms. The van der Waals surface area contributed by atoms with Crippen molar-refractivity contribution in [1.82, 2.24) is 0 Å². The maximum absolute atomic E-state index is 11.9. The Morgan fingerprint density at radius 2 is 2.00 bits per heavy atom. The van der Waals surface area contributed by atoms with Gasteiger partial charge in [-0.2, -0.15) is 0 Å². The summed E-state index contributed by atoms with van der Waals surface area (Å²) in [4.78, 5) is 11.9. The number of fused-ring (bicyclic) bond motifs is 1. The van der Waals surface area contributed by atoms with Gasteiger partial charge < -0.3 is 10.2 Å². The molecule has 0 aliphatic heterocycles. The first kappa shape index (κ1) is 14.0. The summed E-state index contributed by atoms with van der Waals surface area (Å²) in [6, 6.07) is 0. The largest absolute Gasteiger partial charge is 0.396 e. The molecule has 0 aromatic rings. The average Bonchev–Trinajstić information content (AvgIpc) is 2.96. The van der Waals surface area contributed by atoms with Gasteiger partial charge in [0.25, 0.3) is 0 Å². The van der Waals surface area contributed by atoms with E-state index in [0.29, 0.717) is 5.57 Å². The fourth-order valence-electron chi connectivity index (χ4n) is 2.44. The molecule has 0 fully saturated rings. The van der Waals surface area contributed by atoms with Crippen LogP contribution in [0.25, 0.3) is 0 Å². The highest BCUT2D eigenvalue weighted by molar-refractivity contribution is 6.09. The van der Waals surface area contributed by atoms with Crippen LogP contribution in [0.5, 0.6) is 0 Å². The normalized spacial score (nSPS) is 21.7. The first-order chi connectivity index (χ1) is 9.25. The molecule has 2 rings (SSSR count). The first-order valence-corrected chi connectivity index (χ1v) is 6.88. The fraction of sp³-hybridized carbons (Fsp3) is 0.438. The lowest BCUT2D eigenvalue weighted by molar-refractivity contribution is -0.120. The van der Waals surface area contributed by atoms with Crippen LogP contribution in [0.4, 0.5) is 0 Å². The molecule has 0 saturated carbocycles. The number of ketones is 1. The number of aliphatic hydroxyl groups excluding tert-OH is 2. The topological polar surface area (TPSA) is 57.5 Å². The summed E-state index contributed by atoms with van der Waals surface area (Å²) in [6.07, 6.45) is 13.4. The molecule has 0 aromatic heterocycles. The predicted octanol–water partition coefficient (Wildman–Crippen LogP) is 2.22. The van der Waals surface area contributed by atoms with Crippen molar-refractivity contribution in [2.24, 2.45) is 0 Å². The Labute approximate surface area is 113 Å². The second-order valence-electron chi connectivity index (χ2n) is 4.90. The number of allylic oxidation sites excluding steroid dienone is 5. The van der Waals surface area contributed by atoms with E-state index in [1.807, 2.05) is 24.3 Å². The number of hydrogen-bond donors (Lipinski definition) is 2. The molecule has 0 heterocycles. The Kier molecular flexibility index (Phi) is 4.88. The van der Waals surface area contributed by atoms with E-state index < -0.39 is 6.10 Å². The second-order valence-corrected chi connectivity index (χ2v) is 4.90. The molecule has 2 N–H and O–H groups in total. The molecular weight excluding hydrogens is 240 g/mol. The van der Waals surface area contributed by atoms with Gasteiger partial charge in [-0.05, 0) is 30.4 Å². The van der Waals surface area contributed by atoms with E-state index >= 15 is 0 Å². The van der Waals surface area contributed by atoms with Gasteiger partial charge in [0.15, 0.2) is 5.78 Å². The molecule has 3 heteroatoms. The molecule has 3 nitrogen and oxygen atoms in total. The number of carbonyl (C=O) groups is 1. The van der Waals surface area contributed by atoms with Gasteiger partial charge in [-0.1, -0.05) is 43.2 Å². The summed E-state index contributed by atoms with van der Waals surface area (Å²) in [6.45, 7) is 0.264. The lowest BCUT2D eigenvalue weighted by Crippen LogP contribution is -2.16. The summed E-state index contributed by atoms with van der Waals surface area (Å²) < 4.78 is 0. The number of hydrogen-bond acceptors (Lipinski definition) is 3. The predicted molar refractivity (Wildman–Crippen MR) is 74.6 cm³/mol. The number of unbranched alkanes of at least 4 members (excludes halogenated alkanes) is 4. The van der Waals surface area contributed by atoms with Crippen molar-refractivity contribution in [3.05, 3.63) is 47.1 Å². The van der Waals surface area contributed by atoms with E-state index in [1.165, 1.54) is 0 Å². The van der Waals surface area contributed by atoms with Gasteiger partial charge in [-0.15, -0.1) is 0 Å². The zero-order chi connectivity index (χ0) is 13.7. The average molecular weight is 260 g/mol. The van der Waals surface area contributed by atoms with Crippen LogP contribution in [0.2, 0.25) is 0 Å². The molecule has 0 bridgehead atoms. The van der Waals surface area contributed by atoms with Gasteiger partial charge in [0, 0.05) is 12.2 Å². The minimum absolute atomic E-state index is 0.192. The molecule has 1 atom stereocenters. The van der Waals surface area contributed by atoms with Crippen molar-refractivity contribution in [3.8, 4) is 0 Å². The van der Waals surface area contributed by atoms with Crippen LogP contribution in [0, 0.1) is 0 Å². The molecule has 102 valence electrons. The van der Waals surface area contributed by atoms with Crippen LogP contribution < -0.4 is 0 Å². The van der Waals surface area contributed by atoms with Crippen molar-refractivity contribution in [3.63, 3.8) is 0 Å². The molecule has 0 saturated heterocycles. The minimum Gasteiger partial charge on any atom is -0.396 e. The van der Waals surface area contributed by atoms with Crippen molar-refractivity contribution in [1.29, 1.82) is 0 Å². The molecule has 0 amide bonds. The summed E-state index contributed by atoms with van der Waals surface area (Å²) in [5, 5.41) is 18.4. The Bertz CT molecular complexity index is 466. The fourth-order valence-corrected chi connectivity index (χ4v) is 2.44. The number of Topliss-reactive ketones (excluding diaryl/α,β-unsaturated/α-hetero) is 1. The number of carbonyl (C=O) groups excluding carboxylic acids is 1. The third kappa shape index (κ3) is 3.11. The quantitative estimate of drug-likeness (QED) is 0.690. The van der Waals surface area contributed by atoms with Gasteiger partial charge in [-0.25, -0.2) is 0 Å². The molecule has 2 aliphatic rings. The smallest absolute Gasteiger partial charge is 0.196 e. The highest BCUT2D eigenvalue weighted by atomic mass is 16.3. The minimum atomic E-state index is -0.978. The van der Waals surface area contributed by atoms with E-state index in [4.69, 9.17) is 5.11 Å². The maximum atomic E-state index is 11.9. The van der Waals surface area contributed by atoms with E-state index in [2.05, 4.69) is 0 Å². The highest BCUT2D eigenvalue weighted by Crippen LogP contribution is 2.34. The molecule has 0 spiro atoms. The summed E-state index contributed by atoms with van der Waals surface area (Å²) in [5.74, 6) is -0.192. The van der Waals surface area contributed by atoms with E-state index in [1.54, 1.807) is 6.08 Å². The van der Waals surface area contributed by atoms with Crippen LogP contribution in [0.1, 0.15) is 32.1 Å². The summed E-state index contributed by atoms with van der Waals surface area (Å²) in [7, 11) is 0. The molecule has 2 aliphatic carbocycles. The monoisotopic (exact) mass is 260 g/mol. The van der Waals surface area contributed by atoms with Gasteiger partial charge in [0.05, 0.1) is 0 Å². The van der Waals surface area contributed by atoms with E-state index in [-0.39, 0.29) is 12.4 Å². The van der Waals surface area contributed by atoms with Crippen molar-refractivity contribution < 1.29 is 15.0 Å². The zero-order valence-electron chi connectivity index (χ0n) is 11.0. The van der Waals surface area contributed by atoms with Gasteiger partial charge >= 0.3 is 0 Å². The number of aliphatic hydroxyl groups is 2. The van der Waals surface area contributed by atoms with Crippen LogP contribution >= 0.6 is 0 Å². The lowest BCUT2D eigenvalue weighted by atomic mass is 10.1. The van der Waals surface area contributed by atoms with Gasteiger partial charge in [0.1, 0.15) is 6.10 Å². The van der Waals surface area contributed by atoms with Crippen molar-refractivity contribution >= 4 is 5.78 Å². The standard InChI is InChI=1S/C16H20O3/c17-11-6-4-2-1-3-5-8-13-12-9-7-10-14(12)16(19)15(13)18/h5,7-10,16-17,19H,1-4,6,11H2. The van der Waals surface area contributed by atoms with Crippen LogP contribution in [0.3, 0.4) is 0 Å². The Balaban J connectivity index is 1.85. The summed E-state index contributed by atoms with van der Waals surface area (Å²) in [5.41, 5.74) is 2.23. The molecule has 0 aromatic carbocycles. The Hall–Kier alpha value is -1.45. The highest BCUT2D eigenvalue weighted by Gasteiger charge is 2.34. The second kappa shape index (κ2) is 6.64. The SMILES string of the molecule is O=C1C(C=CCCCCCCO)=C2C=CC=C2C1O. The molecule has 0 radical (unpaired) electrons. The van der Waals surface area contributed by atoms with Crippen molar-refractivity contribution in [2.45, 2.75) is 38.2 Å². The Morgan fingerprint density at radius 1 is 1.21 bits per heavy atom. The molecular formula is C16H20O3. The summed E-state index contributed by atoms with van der Waals surface area (Å²) >= 11 is 0. The van der Waals surface area contributed by atoms with E-state index in [0.717, 1.165) is 43.3 Å². The number of rotatable bonds is 7. The van der Waals surface area contributed by atoms with Crippen LogP contribution in [-0.2, 0) is 4.79 Å². The lowest BCUT2D eigenvalue weighted by Gasteiger charge is -2.00. The first-order valence-electron chi connectivity index (χ1n) is 6.88. The molecule has 1 unspecified atom stereocenters. The van der Waals surface area contributed by atoms with Crippen LogP contribution in [-0.4, -0.2) is 28.7 Å². The van der Waals surface area contributed by atoms with Crippen LogP contribution in [0.15, 0.2) is 47.1 Å². The Morgan fingerprint density at radius 3 is 2.79 bits per heavy atom. The third-order valence-corrected chi connectivity index (χ3v) is 3.51. The zero-order valence-corrected chi connectivity index (χ0v) is 11.0. The van der Waals surface area contributed by atoms with E-state index in [9.17, 15) is 9.90 Å². The van der Waals surface area contributed by atoms with Gasteiger partial charge in [0.2, 0.25) is 0 Å².